The smallest absolute Gasteiger partial charge is 0.340 e. The number of aryl methyl sites for hydroxylation is 2. The topological polar surface area (TPSA) is 73.5 Å². The molecular formula is C28H22Cl2N2O4. The molecule has 6 nitrogen and oxygen atoms in total. The molecule has 0 amide bonds. The summed E-state index contributed by atoms with van der Waals surface area (Å²) in [4.78, 5) is 23.9. The van der Waals surface area contributed by atoms with E-state index in [-0.39, 0.29) is 5.56 Å². The molecule has 8 heteroatoms. The van der Waals surface area contributed by atoms with Gasteiger partial charge in [0.25, 0.3) is 0 Å². The summed E-state index contributed by atoms with van der Waals surface area (Å²) in [6.07, 6.45) is 4.56. The maximum atomic E-state index is 12.4. The molecule has 0 aliphatic carbocycles. The number of carboxylic acids is 1. The molecule has 0 bridgehead atoms. The fraction of sp³-hybridized carbons (Fsp3) is 0.143. The number of hydrogen-bond acceptors (Lipinski definition) is 3. The highest BCUT2D eigenvalue weighted by molar-refractivity contribution is 6.35. The molecule has 0 atom stereocenters. The maximum absolute atomic E-state index is 12.4. The van der Waals surface area contributed by atoms with E-state index in [4.69, 9.17) is 27.9 Å². The second kappa shape index (κ2) is 9.72. The SMILES string of the molecule is COC(=O)c1cn(CCc2cn(Cc3ccc(Cl)cc3Cl)c3ccccc23)c2ccc(C(=O)O)cc12. The lowest BCUT2D eigenvalue weighted by atomic mass is 10.1. The minimum absolute atomic E-state index is 0.120. The van der Waals surface area contributed by atoms with Crippen LogP contribution in [0.4, 0.5) is 0 Å². The molecule has 2 aromatic heterocycles. The summed E-state index contributed by atoms with van der Waals surface area (Å²) in [5.41, 5.74) is 4.46. The molecule has 0 saturated carbocycles. The molecule has 5 rings (SSSR count). The number of nitrogens with zero attached hydrogens (tertiary/aromatic N) is 2. The van der Waals surface area contributed by atoms with Crippen LogP contribution in [0.25, 0.3) is 21.8 Å². The fourth-order valence-electron chi connectivity index (χ4n) is 4.61. The standard InChI is InChI=1S/C28H22Cl2N2O4/c1-36-28(35)23-16-31(26-9-7-17(27(33)34)12-22(23)26)11-10-18-14-32(25-5-3-2-4-21(18)25)15-19-6-8-20(29)13-24(19)30/h2-9,12-14,16H,10-11,15H2,1H3,(H,33,34). The van der Waals surface area contributed by atoms with Crippen LogP contribution in [-0.2, 0) is 24.2 Å². The first kappa shape index (κ1) is 24.0. The van der Waals surface area contributed by atoms with E-state index in [1.165, 1.54) is 13.2 Å². The van der Waals surface area contributed by atoms with Gasteiger partial charge in [-0.1, -0.05) is 47.5 Å². The zero-order valence-corrected chi connectivity index (χ0v) is 20.9. The highest BCUT2D eigenvalue weighted by Gasteiger charge is 2.18. The first-order chi connectivity index (χ1) is 17.4. The van der Waals surface area contributed by atoms with Crippen LogP contribution in [0.1, 0.15) is 31.8 Å². The second-order valence-electron chi connectivity index (χ2n) is 8.55. The van der Waals surface area contributed by atoms with Crippen molar-refractivity contribution in [3.05, 3.63) is 105 Å². The molecule has 182 valence electrons. The molecule has 36 heavy (non-hydrogen) atoms. The van der Waals surface area contributed by atoms with Crippen molar-refractivity contribution in [3.63, 3.8) is 0 Å². The molecule has 2 heterocycles. The van der Waals surface area contributed by atoms with Gasteiger partial charge in [-0.2, -0.15) is 0 Å². The zero-order chi connectivity index (χ0) is 25.4. The van der Waals surface area contributed by atoms with E-state index in [0.717, 1.165) is 27.5 Å². The molecular weight excluding hydrogens is 499 g/mol. The number of rotatable bonds is 7. The van der Waals surface area contributed by atoms with E-state index in [9.17, 15) is 14.7 Å². The number of aromatic nitrogens is 2. The lowest BCUT2D eigenvalue weighted by molar-refractivity contribution is 0.0601. The van der Waals surface area contributed by atoms with E-state index < -0.39 is 11.9 Å². The van der Waals surface area contributed by atoms with Gasteiger partial charge in [0.1, 0.15) is 0 Å². The number of carbonyl (C=O) groups excluding carboxylic acids is 1. The highest BCUT2D eigenvalue weighted by atomic mass is 35.5. The number of carbonyl (C=O) groups is 2. The Bertz CT molecular complexity index is 1630. The number of carboxylic acid groups (broad SMARTS) is 1. The Morgan fingerprint density at radius 1 is 0.889 bits per heavy atom. The largest absolute Gasteiger partial charge is 0.478 e. The van der Waals surface area contributed by atoms with Crippen molar-refractivity contribution < 1.29 is 19.4 Å². The van der Waals surface area contributed by atoms with E-state index in [2.05, 4.69) is 22.9 Å². The highest BCUT2D eigenvalue weighted by Crippen LogP contribution is 2.28. The van der Waals surface area contributed by atoms with Crippen molar-refractivity contribution in [1.82, 2.24) is 9.13 Å². The van der Waals surface area contributed by atoms with Gasteiger partial charge in [0, 0.05) is 57.3 Å². The Kier molecular flexibility index (Phi) is 6.48. The predicted octanol–water partition coefficient (Wildman–Crippen LogP) is 6.68. The summed E-state index contributed by atoms with van der Waals surface area (Å²) in [5, 5.41) is 12.3. The molecule has 0 unspecified atom stereocenters. The molecule has 0 radical (unpaired) electrons. The van der Waals surface area contributed by atoms with Gasteiger partial charge >= 0.3 is 11.9 Å². The van der Waals surface area contributed by atoms with Gasteiger partial charge in [-0.15, -0.1) is 0 Å². The van der Waals surface area contributed by atoms with Crippen LogP contribution >= 0.6 is 23.2 Å². The minimum atomic E-state index is -1.05. The average molecular weight is 521 g/mol. The van der Waals surface area contributed by atoms with Crippen LogP contribution in [0.2, 0.25) is 10.0 Å². The maximum Gasteiger partial charge on any atom is 0.340 e. The molecule has 0 fully saturated rings. The first-order valence-electron chi connectivity index (χ1n) is 11.3. The Balaban J connectivity index is 1.49. The number of aromatic carboxylic acids is 1. The Labute approximate surface area is 217 Å². The van der Waals surface area contributed by atoms with Crippen LogP contribution in [0, 0.1) is 0 Å². The summed E-state index contributed by atoms with van der Waals surface area (Å²) in [6, 6.07) is 18.5. The van der Waals surface area contributed by atoms with Crippen molar-refractivity contribution in [3.8, 4) is 0 Å². The molecule has 0 saturated heterocycles. The minimum Gasteiger partial charge on any atom is -0.478 e. The van der Waals surface area contributed by atoms with Crippen LogP contribution in [0.15, 0.2) is 73.1 Å². The van der Waals surface area contributed by atoms with Gasteiger partial charge in [-0.25, -0.2) is 9.59 Å². The van der Waals surface area contributed by atoms with E-state index in [1.54, 1.807) is 24.4 Å². The fourth-order valence-corrected chi connectivity index (χ4v) is 5.08. The van der Waals surface area contributed by atoms with Crippen molar-refractivity contribution in [1.29, 1.82) is 0 Å². The van der Waals surface area contributed by atoms with Gasteiger partial charge in [0.15, 0.2) is 0 Å². The van der Waals surface area contributed by atoms with Crippen molar-refractivity contribution in [2.24, 2.45) is 0 Å². The third-order valence-electron chi connectivity index (χ3n) is 6.38. The summed E-state index contributed by atoms with van der Waals surface area (Å²) < 4.78 is 9.07. The summed E-state index contributed by atoms with van der Waals surface area (Å²) in [5.74, 6) is -1.55. The molecule has 0 aliphatic rings. The number of hydrogen-bond donors (Lipinski definition) is 1. The number of fused-ring (bicyclic) bond motifs is 2. The summed E-state index contributed by atoms with van der Waals surface area (Å²) in [6.45, 7) is 1.20. The number of halogens is 2. The Hall–Kier alpha value is -3.74. The van der Waals surface area contributed by atoms with E-state index >= 15 is 0 Å². The van der Waals surface area contributed by atoms with Crippen molar-refractivity contribution >= 4 is 56.9 Å². The molecule has 1 N–H and O–H groups in total. The molecule has 0 spiro atoms. The van der Waals surface area contributed by atoms with Crippen LogP contribution in [0.5, 0.6) is 0 Å². The van der Waals surface area contributed by atoms with Crippen LogP contribution in [0.3, 0.4) is 0 Å². The van der Waals surface area contributed by atoms with Gasteiger partial charge in [0.05, 0.1) is 18.2 Å². The Morgan fingerprint density at radius 3 is 2.42 bits per heavy atom. The third-order valence-corrected chi connectivity index (χ3v) is 6.97. The van der Waals surface area contributed by atoms with Gasteiger partial charge in [0.2, 0.25) is 0 Å². The van der Waals surface area contributed by atoms with Gasteiger partial charge in [-0.05, 0) is 53.9 Å². The molecule has 0 aliphatic heterocycles. The van der Waals surface area contributed by atoms with Crippen LogP contribution < -0.4 is 0 Å². The number of para-hydroxylation sites is 1. The summed E-state index contributed by atoms with van der Waals surface area (Å²) in [7, 11) is 1.31. The van der Waals surface area contributed by atoms with Crippen LogP contribution in [-0.4, -0.2) is 33.3 Å². The first-order valence-corrected chi connectivity index (χ1v) is 12.1. The second-order valence-corrected chi connectivity index (χ2v) is 9.39. The normalized spacial score (nSPS) is 11.3. The number of ether oxygens (including phenoxy) is 1. The number of esters is 1. The zero-order valence-electron chi connectivity index (χ0n) is 19.4. The quantitative estimate of drug-likeness (QED) is 0.243. The average Bonchev–Trinajstić information content (AvgIpc) is 3.42. The summed E-state index contributed by atoms with van der Waals surface area (Å²) >= 11 is 12.5. The third kappa shape index (κ3) is 4.45. The molecule has 5 aromatic rings. The molecule has 3 aromatic carbocycles. The van der Waals surface area contributed by atoms with Gasteiger partial charge in [-0.3, -0.25) is 0 Å². The lowest BCUT2D eigenvalue weighted by Gasteiger charge is -2.08. The van der Waals surface area contributed by atoms with Gasteiger partial charge < -0.3 is 19.0 Å². The lowest BCUT2D eigenvalue weighted by Crippen LogP contribution is -2.02. The van der Waals surface area contributed by atoms with Crippen molar-refractivity contribution in [2.45, 2.75) is 19.5 Å². The van der Waals surface area contributed by atoms with E-state index in [1.807, 2.05) is 28.8 Å². The number of benzene rings is 3. The number of methoxy groups -OCH3 is 1. The van der Waals surface area contributed by atoms with Crippen molar-refractivity contribution in [2.75, 3.05) is 7.11 Å². The predicted molar refractivity (Wildman–Crippen MR) is 141 cm³/mol. The Morgan fingerprint density at radius 2 is 1.67 bits per heavy atom. The monoisotopic (exact) mass is 520 g/mol. The van der Waals surface area contributed by atoms with E-state index in [0.29, 0.717) is 40.5 Å².